The third kappa shape index (κ3) is 2.85. The number of carbonyl (C=O) groups excluding carboxylic acids is 1. The number of para-hydroxylation sites is 2. The van der Waals surface area contributed by atoms with Gasteiger partial charge in [-0.05, 0) is 25.1 Å². The minimum absolute atomic E-state index is 0.0606. The smallest absolute Gasteiger partial charge is 0.317 e. The van der Waals surface area contributed by atoms with Crippen molar-refractivity contribution in [1.82, 2.24) is 4.57 Å². The van der Waals surface area contributed by atoms with Crippen molar-refractivity contribution in [3.05, 3.63) is 73.3 Å². The van der Waals surface area contributed by atoms with E-state index in [1.165, 1.54) is 30.1 Å². The fraction of sp³-hybridized carbons (Fsp3) is 0.261. The fourth-order valence-electron chi connectivity index (χ4n) is 4.39. The van der Waals surface area contributed by atoms with Gasteiger partial charge in [-0.1, -0.05) is 41.7 Å². The van der Waals surface area contributed by atoms with Gasteiger partial charge < -0.3 is 19.3 Å². The molecule has 9 heteroatoms. The van der Waals surface area contributed by atoms with Crippen molar-refractivity contribution < 1.29 is 24.1 Å². The predicted octanol–water partition coefficient (Wildman–Crippen LogP) is 1.57. The molecule has 2 unspecified atom stereocenters. The summed E-state index contributed by atoms with van der Waals surface area (Å²) in [6, 6.07) is 11.7. The first-order valence-corrected chi connectivity index (χ1v) is 10.7. The van der Waals surface area contributed by atoms with Crippen molar-refractivity contribution in [3.8, 4) is 17.2 Å². The Bertz CT molecular complexity index is 1420. The van der Waals surface area contributed by atoms with Crippen LogP contribution in [0.15, 0.2) is 52.3 Å². The highest BCUT2D eigenvalue weighted by Crippen LogP contribution is 2.47. The number of hydrogen-bond donors (Lipinski definition) is 1. The van der Waals surface area contributed by atoms with Gasteiger partial charge in [0.25, 0.3) is 5.56 Å². The van der Waals surface area contributed by atoms with Crippen LogP contribution in [-0.4, -0.2) is 35.6 Å². The zero-order chi connectivity index (χ0) is 22.6. The van der Waals surface area contributed by atoms with Crippen LogP contribution in [0.25, 0.3) is 6.08 Å². The molecular weight excluding hydrogens is 432 g/mol. The lowest BCUT2D eigenvalue weighted by atomic mass is 9.81. The molecule has 2 aliphatic rings. The second kappa shape index (κ2) is 7.23. The number of hydrogen-bond acceptors (Lipinski definition) is 8. The largest absolute Gasteiger partial charge is 0.504 e. The van der Waals surface area contributed by atoms with E-state index in [1.807, 2.05) is 18.2 Å². The van der Waals surface area contributed by atoms with Crippen molar-refractivity contribution in [2.24, 2.45) is 10.9 Å². The molecule has 3 aromatic rings. The van der Waals surface area contributed by atoms with Gasteiger partial charge in [0, 0.05) is 11.1 Å². The lowest BCUT2D eigenvalue weighted by molar-refractivity contribution is -0.158. The molecule has 0 fully saturated rings. The second-order valence-corrected chi connectivity index (χ2v) is 8.73. The van der Waals surface area contributed by atoms with E-state index in [-0.39, 0.29) is 11.3 Å². The van der Waals surface area contributed by atoms with E-state index in [4.69, 9.17) is 14.2 Å². The monoisotopic (exact) mass is 452 g/mol. The molecule has 0 saturated heterocycles. The van der Waals surface area contributed by atoms with Crippen LogP contribution in [0.2, 0.25) is 0 Å². The molecule has 0 radical (unpaired) electrons. The summed E-state index contributed by atoms with van der Waals surface area (Å²) < 4.78 is 18.3. The Labute approximate surface area is 186 Å². The summed E-state index contributed by atoms with van der Waals surface area (Å²) in [6.45, 7) is 1.72. The Morgan fingerprint density at radius 3 is 2.78 bits per heavy atom. The Morgan fingerprint density at radius 2 is 2.03 bits per heavy atom. The van der Waals surface area contributed by atoms with Gasteiger partial charge in [-0.25, -0.2) is 4.99 Å². The number of benzene rings is 2. The third-order valence-corrected chi connectivity index (χ3v) is 6.85. The molecule has 0 spiro atoms. The number of phenols is 1. The van der Waals surface area contributed by atoms with Crippen LogP contribution >= 0.6 is 11.3 Å². The maximum atomic E-state index is 13.5. The van der Waals surface area contributed by atoms with Crippen LogP contribution in [0.4, 0.5) is 0 Å². The summed E-state index contributed by atoms with van der Waals surface area (Å²) in [4.78, 5) is 31.4. The highest BCUT2D eigenvalue weighted by molar-refractivity contribution is 7.07. The number of thiazole rings is 1. The maximum absolute atomic E-state index is 13.5. The van der Waals surface area contributed by atoms with Gasteiger partial charge in [0.15, 0.2) is 16.3 Å². The first-order chi connectivity index (χ1) is 15.4. The van der Waals surface area contributed by atoms with Crippen molar-refractivity contribution in [3.63, 3.8) is 0 Å². The second-order valence-electron chi connectivity index (χ2n) is 7.72. The van der Waals surface area contributed by atoms with Crippen LogP contribution < -0.4 is 24.4 Å². The summed E-state index contributed by atoms with van der Waals surface area (Å²) >= 11 is 1.17. The first kappa shape index (κ1) is 20.3. The Balaban J connectivity index is 1.79. The quantitative estimate of drug-likeness (QED) is 0.606. The Kier molecular flexibility index (Phi) is 4.59. The van der Waals surface area contributed by atoms with Crippen molar-refractivity contribution in [2.75, 3.05) is 14.2 Å². The molecule has 2 bridgehead atoms. The van der Waals surface area contributed by atoms with E-state index in [1.54, 1.807) is 37.3 Å². The normalized spacial score (nSPS) is 23.4. The van der Waals surface area contributed by atoms with Crippen molar-refractivity contribution in [1.29, 1.82) is 0 Å². The van der Waals surface area contributed by atoms with Crippen LogP contribution in [0.3, 0.4) is 0 Å². The van der Waals surface area contributed by atoms with E-state index < -0.39 is 23.7 Å². The average Bonchev–Trinajstić information content (AvgIpc) is 3.07. The zero-order valence-corrected chi connectivity index (χ0v) is 18.4. The van der Waals surface area contributed by atoms with Gasteiger partial charge in [0.1, 0.15) is 11.7 Å². The van der Waals surface area contributed by atoms with Gasteiger partial charge in [0.2, 0.25) is 5.72 Å². The highest BCUT2D eigenvalue weighted by atomic mass is 32.1. The molecule has 0 aliphatic carbocycles. The molecule has 1 aromatic heterocycles. The molecule has 5 rings (SSSR count). The molecule has 1 N–H and O–H groups in total. The molecule has 164 valence electrons. The first-order valence-electron chi connectivity index (χ1n) is 9.92. The molecule has 2 aliphatic heterocycles. The molecular formula is C23H20N2O6S. The van der Waals surface area contributed by atoms with E-state index >= 15 is 0 Å². The Morgan fingerprint density at radius 1 is 1.25 bits per heavy atom. The molecule has 2 aromatic carbocycles. The standard InChI is InChI=1S/C23H20N2O6S/c1-23-17(21(28)30-3)18(13-8-4-5-9-14(13)31-23)25-20(27)16(32-22(25)24-23)11-12-7-6-10-15(29-2)19(12)26/h4-11,17-18,26H,1-3H3/b16-11+/t17?,18?,23-/m0/s1. The van der Waals surface area contributed by atoms with E-state index in [0.717, 1.165) is 0 Å². The molecule has 3 atom stereocenters. The van der Waals surface area contributed by atoms with Crippen molar-refractivity contribution >= 4 is 23.4 Å². The lowest BCUT2D eigenvalue weighted by Gasteiger charge is -2.44. The number of methoxy groups -OCH3 is 2. The summed E-state index contributed by atoms with van der Waals surface area (Å²) in [7, 11) is 2.77. The number of ether oxygens (including phenoxy) is 3. The number of carbonyl (C=O) groups is 1. The van der Waals surface area contributed by atoms with Gasteiger partial charge >= 0.3 is 5.97 Å². The summed E-state index contributed by atoms with van der Waals surface area (Å²) in [6.07, 6.45) is 1.60. The topological polar surface area (TPSA) is 99.4 Å². The van der Waals surface area contributed by atoms with Crippen LogP contribution in [0.1, 0.15) is 24.1 Å². The highest BCUT2D eigenvalue weighted by Gasteiger charge is 2.55. The number of fused-ring (bicyclic) bond motifs is 6. The number of esters is 1. The van der Waals surface area contributed by atoms with Gasteiger partial charge in [-0.3, -0.25) is 14.2 Å². The van der Waals surface area contributed by atoms with E-state index in [0.29, 0.717) is 32.0 Å². The lowest BCUT2D eigenvalue weighted by Crippen LogP contribution is -2.58. The average molecular weight is 452 g/mol. The zero-order valence-electron chi connectivity index (χ0n) is 17.6. The fourth-order valence-corrected chi connectivity index (χ4v) is 5.48. The van der Waals surface area contributed by atoms with Crippen LogP contribution in [-0.2, 0) is 9.53 Å². The minimum atomic E-state index is -1.22. The van der Waals surface area contributed by atoms with Gasteiger partial charge in [0.05, 0.1) is 24.8 Å². The van der Waals surface area contributed by atoms with Gasteiger partial charge in [-0.2, -0.15) is 0 Å². The number of rotatable bonds is 3. The summed E-state index contributed by atoms with van der Waals surface area (Å²) in [5.41, 5.74) is -0.379. The molecule has 3 heterocycles. The van der Waals surface area contributed by atoms with Crippen LogP contribution in [0.5, 0.6) is 17.2 Å². The number of aromatic hydroxyl groups is 1. The minimum Gasteiger partial charge on any atom is -0.504 e. The van der Waals surface area contributed by atoms with Crippen molar-refractivity contribution in [2.45, 2.75) is 18.7 Å². The third-order valence-electron chi connectivity index (χ3n) is 5.87. The SMILES string of the molecule is COC(=O)C1C2c3ccccc3O[C@]1(C)N=c1s/c(=C/c3cccc(OC)c3O)c(=O)n12. The van der Waals surface area contributed by atoms with E-state index in [9.17, 15) is 14.7 Å². The molecule has 32 heavy (non-hydrogen) atoms. The summed E-state index contributed by atoms with van der Waals surface area (Å²) in [5, 5.41) is 10.4. The summed E-state index contributed by atoms with van der Waals surface area (Å²) in [5.74, 6) is -0.518. The Hall–Kier alpha value is -3.59. The molecule has 0 saturated carbocycles. The number of phenolic OH excluding ortho intramolecular Hbond substituents is 1. The predicted molar refractivity (Wildman–Crippen MR) is 117 cm³/mol. The maximum Gasteiger partial charge on any atom is 0.317 e. The van der Waals surface area contributed by atoms with Gasteiger partial charge in [-0.15, -0.1) is 0 Å². The number of aromatic nitrogens is 1. The van der Waals surface area contributed by atoms with E-state index in [2.05, 4.69) is 4.99 Å². The van der Waals surface area contributed by atoms with Crippen LogP contribution in [0, 0.1) is 5.92 Å². The molecule has 0 amide bonds. The number of nitrogens with zero attached hydrogens (tertiary/aromatic N) is 2. The molecule has 8 nitrogen and oxygen atoms in total.